The summed E-state index contributed by atoms with van der Waals surface area (Å²) >= 11 is 1.76. The van der Waals surface area contributed by atoms with Gasteiger partial charge < -0.3 is 20.1 Å². The maximum absolute atomic E-state index is 13.6. The average molecular weight is 612 g/mol. The molecule has 0 aliphatic carbocycles. The summed E-state index contributed by atoms with van der Waals surface area (Å²) in [6.45, 7) is 5.01. The molecule has 1 fully saturated rings. The summed E-state index contributed by atoms with van der Waals surface area (Å²) in [7, 11) is 3.35. The Bertz CT molecular complexity index is 1580. The molecule has 3 aromatic carbocycles. The Kier molecular flexibility index (Phi) is 8.91. The van der Waals surface area contributed by atoms with Crippen molar-refractivity contribution in [2.24, 2.45) is 5.92 Å². The third kappa shape index (κ3) is 5.80. The van der Waals surface area contributed by atoms with Crippen molar-refractivity contribution in [1.82, 2.24) is 15.6 Å². The van der Waals surface area contributed by atoms with Crippen LogP contribution in [0.3, 0.4) is 0 Å². The van der Waals surface area contributed by atoms with Crippen LogP contribution in [-0.2, 0) is 22.7 Å². The molecule has 3 aliphatic rings. The molecule has 228 valence electrons. The van der Waals surface area contributed by atoms with E-state index in [1.165, 1.54) is 0 Å². The van der Waals surface area contributed by atoms with E-state index in [-0.39, 0.29) is 23.0 Å². The van der Waals surface area contributed by atoms with Gasteiger partial charge in [-0.25, -0.2) is 4.59 Å². The van der Waals surface area contributed by atoms with Crippen molar-refractivity contribution in [2.75, 3.05) is 33.9 Å². The van der Waals surface area contributed by atoms with Crippen LogP contribution in [0.5, 0.6) is 11.5 Å². The first kappa shape index (κ1) is 30.1. The van der Waals surface area contributed by atoms with Crippen LogP contribution in [0.15, 0.2) is 96.7 Å². The minimum Gasteiger partial charge on any atom is -0.497 e. The van der Waals surface area contributed by atoms with Gasteiger partial charge >= 0.3 is 0 Å². The number of quaternary nitrogens is 1. The SMILES string of the molecule is COc1ccc(C2=C(C)C3C(=O)C=C[N+](Cc4ccccc4OC)(N4CCNC(C(=O)NCc5ccccc5)C4)C3S2)cc1. The zero-order chi connectivity index (χ0) is 30.7. The zero-order valence-electron chi connectivity index (χ0n) is 25.4. The van der Waals surface area contributed by atoms with Gasteiger partial charge in [0.1, 0.15) is 36.2 Å². The Balaban J connectivity index is 1.34. The Morgan fingerprint density at radius 3 is 2.52 bits per heavy atom. The standard InChI is InChI=1S/C35H38N4O4S/c1-24-32-30(40)17-20-39(23-27-11-7-8-12-31(27)43-3,35(32)44-33(24)26-13-15-28(42-2)16-14-26)38-19-18-36-29(22-38)34(41)37-21-25-9-5-4-6-10-25/h4-17,20,29,32,35-36H,18-19,21-23H2,1-3H3/p+1. The second-order valence-electron chi connectivity index (χ2n) is 11.4. The molecule has 0 aromatic heterocycles. The minimum absolute atomic E-state index is 0.0325. The van der Waals surface area contributed by atoms with Gasteiger partial charge in [0.15, 0.2) is 11.2 Å². The number of allylic oxidation sites excluding steroid dienone is 1. The van der Waals surface area contributed by atoms with Gasteiger partial charge in [0.05, 0.1) is 32.9 Å². The van der Waals surface area contributed by atoms with Gasteiger partial charge in [-0.15, -0.1) is 5.01 Å². The lowest BCUT2D eigenvalue weighted by Gasteiger charge is -2.51. The highest BCUT2D eigenvalue weighted by Gasteiger charge is 2.56. The predicted octanol–water partition coefficient (Wildman–Crippen LogP) is 4.74. The smallest absolute Gasteiger partial charge is 0.238 e. The van der Waals surface area contributed by atoms with E-state index in [1.54, 1.807) is 32.1 Å². The second kappa shape index (κ2) is 13.0. The van der Waals surface area contributed by atoms with Gasteiger partial charge in [-0.2, -0.15) is 0 Å². The molecule has 4 atom stereocenters. The molecule has 1 saturated heterocycles. The normalized spacial score (nSPS) is 25.1. The molecular formula is C35H39N4O4S+. The molecule has 6 rings (SSSR count). The highest BCUT2D eigenvalue weighted by atomic mass is 32.2. The molecule has 3 heterocycles. The van der Waals surface area contributed by atoms with Crippen LogP contribution in [0.25, 0.3) is 4.91 Å². The summed E-state index contributed by atoms with van der Waals surface area (Å²) in [4.78, 5) is 28.2. The molecular weight excluding hydrogens is 572 g/mol. The van der Waals surface area contributed by atoms with Gasteiger partial charge in [-0.05, 0) is 47.9 Å². The summed E-state index contributed by atoms with van der Waals surface area (Å²) in [6.07, 6.45) is 3.81. The van der Waals surface area contributed by atoms with Crippen molar-refractivity contribution in [3.05, 3.63) is 113 Å². The van der Waals surface area contributed by atoms with Gasteiger partial charge in [0.25, 0.3) is 0 Å². The van der Waals surface area contributed by atoms with Crippen molar-refractivity contribution in [3.8, 4) is 11.5 Å². The van der Waals surface area contributed by atoms with E-state index in [0.717, 1.165) is 45.2 Å². The number of hydrogen-bond acceptors (Lipinski definition) is 7. The fraction of sp³-hybridized carbons (Fsp3) is 0.314. The van der Waals surface area contributed by atoms with E-state index in [1.807, 2.05) is 60.7 Å². The third-order valence-electron chi connectivity index (χ3n) is 8.87. The highest BCUT2D eigenvalue weighted by molar-refractivity contribution is 8.09. The number of ketones is 1. The number of para-hydroxylation sites is 1. The van der Waals surface area contributed by atoms with E-state index in [2.05, 4.69) is 47.0 Å². The Labute approximate surface area is 263 Å². The van der Waals surface area contributed by atoms with Crippen LogP contribution < -0.4 is 20.1 Å². The number of nitrogens with one attached hydrogen (secondary N) is 2. The number of hydrogen-bond donors (Lipinski definition) is 2. The average Bonchev–Trinajstić information content (AvgIpc) is 3.44. The van der Waals surface area contributed by atoms with Crippen molar-refractivity contribution >= 4 is 28.4 Å². The minimum atomic E-state index is -0.397. The van der Waals surface area contributed by atoms with Gasteiger partial charge in [-0.3, -0.25) is 9.59 Å². The molecule has 3 aliphatic heterocycles. The predicted molar refractivity (Wildman–Crippen MR) is 173 cm³/mol. The van der Waals surface area contributed by atoms with Crippen LogP contribution in [0.1, 0.15) is 23.6 Å². The highest BCUT2D eigenvalue weighted by Crippen LogP contribution is 2.54. The van der Waals surface area contributed by atoms with Crippen molar-refractivity contribution < 1.29 is 23.7 Å². The summed E-state index contributed by atoms with van der Waals surface area (Å²) in [5.74, 6) is 1.39. The zero-order valence-corrected chi connectivity index (χ0v) is 26.2. The molecule has 0 saturated carbocycles. The van der Waals surface area contributed by atoms with E-state index < -0.39 is 6.04 Å². The van der Waals surface area contributed by atoms with Crippen LogP contribution in [0, 0.1) is 5.92 Å². The number of thioether (sulfide) groups is 1. The van der Waals surface area contributed by atoms with Crippen LogP contribution in [-0.4, -0.2) is 66.6 Å². The molecule has 2 N–H and O–H groups in total. The lowest BCUT2D eigenvalue weighted by atomic mass is 9.90. The topological polar surface area (TPSA) is 79.9 Å². The molecule has 4 unspecified atom stereocenters. The number of benzene rings is 3. The number of ether oxygens (including phenoxy) is 2. The van der Waals surface area contributed by atoms with Gasteiger partial charge in [0, 0.05) is 24.1 Å². The number of carbonyl (C=O) groups excluding carboxylic acids is 2. The van der Waals surface area contributed by atoms with Crippen molar-refractivity contribution in [2.45, 2.75) is 31.4 Å². The molecule has 1 amide bonds. The number of amides is 1. The number of nitrogens with zero attached hydrogens (tertiary/aromatic N) is 2. The Morgan fingerprint density at radius 1 is 1.02 bits per heavy atom. The number of fused-ring (bicyclic) bond motifs is 1. The number of rotatable bonds is 9. The van der Waals surface area contributed by atoms with Crippen LogP contribution in [0.2, 0.25) is 0 Å². The second-order valence-corrected chi connectivity index (χ2v) is 12.6. The number of carbonyl (C=O) groups is 2. The van der Waals surface area contributed by atoms with E-state index in [0.29, 0.717) is 30.8 Å². The van der Waals surface area contributed by atoms with Crippen molar-refractivity contribution in [3.63, 3.8) is 0 Å². The Hall–Kier alpha value is -3.89. The lowest BCUT2D eigenvalue weighted by Crippen LogP contribution is -2.70. The first-order valence-electron chi connectivity index (χ1n) is 15.0. The van der Waals surface area contributed by atoms with Gasteiger partial charge in [0.2, 0.25) is 5.91 Å². The molecule has 3 aromatic rings. The molecule has 0 spiro atoms. The van der Waals surface area contributed by atoms with E-state index in [9.17, 15) is 9.59 Å². The van der Waals surface area contributed by atoms with Gasteiger partial charge in [-0.1, -0.05) is 66.4 Å². The van der Waals surface area contributed by atoms with Crippen molar-refractivity contribution in [1.29, 1.82) is 0 Å². The largest absolute Gasteiger partial charge is 0.497 e. The maximum Gasteiger partial charge on any atom is 0.238 e. The molecule has 8 nitrogen and oxygen atoms in total. The van der Waals surface area contributed by atoms with Crippen LogP contribution >= 0.6 is 11.8 Å². The van der Waals surface area contributed by atoms with Crippen LogP contribution in [0.4, 0.5) is 0 Å². The molecule has 0 radical (unpaired) electrons. The molecule has 9 heteroatoms. The lowest BCUT2D eigenvalue weighted by molar-refractivity contribution is -1.02. The summed E-state index contributed by atoms with van der Waals surface area (Å²) in [5.41, 5.74) is 4.26. The first-order valence-corrected chi connectivity index (χ1v) is 15.9. The quantitative estimate of drug-likeness (QED) is 0.339. The third-order valence-corrected chi connectivity index (χ3v) is 10.5. The first-order chi connectivity index (χ1) is 21.4. The Morgan fingerprint density at radius 2 is 1.77 bits per heavy atom. The summed E-state index contributed by atoms with van der Waals surface area (Å²) in [6, 6.07) is 25.7. The fourth-order valence-corrected chi connectivity index (χ4v) is 8.29. The summed E-state index contributed by atoms with van der Waals surface area (Å²) in [5, 5.41) is 8.79. The fourth-order valence-electron chi connectivity index (χ4n) is 6.53. The van der Waals surface area contributed by atoms with E-state index in [4.69, 9.17) is 9.47 Å². The molecule has 44 heavy (non-hydrogen) atoms. The molecule has 0 bridgehead atoms. The number of piperazine rings is 1. The monoisotopic (exact) mass is 611 g/mol. The number of methoxy groups -OCH3 is 2. The maximum atomic E-state index is 13.6. The van der Waals surface area contributed by atoms with E-state index >= 15 is 0 Å². The summed E-state index contributed by atoms with van der Waals surface area (Å²) < 4.78 is 11.6.